The van der Waals surface area contributed by atoms with E-state index in [1.54, 1.807) is 10.9 Å². The molecule has 112 valence electrons. The number of hydrogen-bond donors (Lipinski definition) is 1. The second-order valence-corrected chi connectivity index (χ2v) is 3.87. The van der Waals surface area contributed by atoms with Crippen LogP contribution in [0.1, 0.15) is 19.5 Å². The second-order valence-electron chi connectivity index (χ2n) is 3.87. The fourth-order valence-corrected chi connectivity index (χ4v) is 1.16. The minimum absolute atomic E-state index is 0.0706. The first-order valence-electron chi connectivity index (χ1n) is 6.01. The molecule has 0 aromatic carbocycles. The van der Waals surface area contributed by atoms with Crippen LogP contribution in [0.3, 0.4) is 0 Å². The van der Waals surface area contributed by atoms with E-state index in [1.807, 2.05) is 6.92 Å². The van der Waals surface area contributed by atoms with E-state index in [-0.39, 0.29) is 19.8 Å². The molecule has 0 radical (unpaired) electrons. The molecule has 0 amide bonds. The van der Waals surface area contributed by atoms with Gasteiger partial charge in [-0.3, -0.25) is 9.48 Å². The summed E-state index contributed by atoms with van der Waals surface area (Å²) in [5, 5.41) is 16.9. The summed E-state index contributed by atoms with van der Waals surface area (Å²) < 4.78 is 15.5. The van der Waals surface area contributed by atoms with Gasteiger partial charge in [-0.1, -0.05) is 5.21 Å². The van der Waals surface area contributed by atoms with Crippen LogP contribution in [0.5, 0.6) is 0 Å². The number of carbonyl (C=O) groups excluding carboxylic acids is 2. The lowest BCUT2D eigenvalue weighted by atomic mass is 10.4. The number of aliphatic hydroxyl groups excluding tert-OH is 1. The van der Waals surface area contributed by atoms with Crippen molar-refractivity contribution in [1.29, 1.82) is 0 Å². The number of hydrogen-bond acceptors (Lipinski definition) is 8. The Hall–Kier alpha value is -2.16. The summed E-state index contributed by atoms with van der Waals surface area (Å²) in [5.41, 5.74) is 0.490. The summed E-state index contributed by atoms with van der Waals surface area (Å²) in [7, 11) is 0. The van der Waals surface area contributed by atoms with Crippen molar-refractivity contribution in [3.63, 3.8) is 0 Å². The van der Waals surface area contributed by atoms with Gasteiger partial charge >= 0.3 is 12.1 Å². The van der Waals surface area contributed by atoms with Crippen molar-refractivity contribution in [1.82, 2.24) is 15.0 Å². The summed E-state index contributed by atoms with van der Waals surface area (Å²) in [6, 6.07) is 0. The van der Waals surface area contributed by atoms with Gasteiger partial charge in [-0.05, 0) is 6.92 Å². The van der Waals surface area contributed by atoms with Crippen LogP contribution < -0.4 is 0 Å². The van der Waals surface area contributed by atoms with Crippen LogP contribution in [-0.4, -0.2) is 51.5 Å². The van der Waals surface area contributed by atoms with Gasteiger partial charge < -0.3 is 19.3 Å². The highest BCUT2D eigenvalue weighted by atomic mass is 16.7. The minimum Gasteiger partial charge on any atom is -0.463 e. The molecule has 9 nitrogen and oxygen atoms in total. The van der Waals surface area contributed by atoms with Crippen LogP contribution in [0.15, 0.2) is 6.20 Å². The third-order valence-electron chi connectivity index (χ3n) is 2.12. The molecular formula is C11H17N3O6. The fraction of sp³-hybridized carbons (Fsp3) is 0.636. The van der Waals surface area contributed by atoms with Crippen molar-refractivity contribution in [2.24, 2.45) is 0 Å². The summed E-state index contributed by atoms with van der Waals surface area (Å²) in [6.45, 7) is 3.14. The quantitative estimate of drug-likeness (QED) is 0.690. The van der Waals surface area contributed by atoms with E-state index in [4.69, 9.17) is 4.74 Å². The first-order valence-corrected chi connectivity index (χ1v) is 6.01. The van der Waals surface area contributed by atoms with Crippen LogP contribution in [0.2, 0.25) is 0 Å². The Morgan fingerprint density at radius 1 is 1.35 bits per heavy atom. The molecule has 1 N–H and O–H groups in total. The maximum absolute atomic E-state index is 11.2. The standard InChI is InChI=1S/C11H17N3O6/c1-3-14-4-9(12-13-14)5-19-11(17)20-7-10(16)6-18-8(2)15/h4,10,16H,3,5-7H2,1-2H3. The lowest BCUT2D eigenvalue weighted by Gasteiger charge is -2.10. The lowest BCUT2D eigenvalue weighted by Crippen LogP contribution is -2.25. The highest BCUT2D eigenvalue weighted by molar-refractivity contribution is 5.65. The van der Waals surface area contributed by atoms with Gasteiger partial charge in [0.1, 0.15) is 31.6 Å². The topological polar surface area (TPSA) is 113 Å². The number of aliphatic hydroxyl groups is 1. The van der Waals surface area contributed by atoms with Crippen molar-refractivity contribution in [2.75, 3.05) is 13.2 Å². The average molecular weight is 287 g/mol. The van der Waals surface area contributed by atoms with Gasteiger partial charge in [0.25, 0.3) is 0 Å². The SMILES string of the molecule is CCn1cc(COC(=O)OCC(O)COC(C)=O)nn1. The van der Waals surface area contributed by atoms with Crippen LogP contribution in [0.4, 0.5) is 4.79 Å². The number of aryl methyl sites for hydroxylation is 1. The molecule has 0 aliphatic heterocycles. The van der Waals surface area contributed by atoms with Crippen LogP contribution in [-0.2, 0) is 32.2 Å². The van der Waals surface area contributed by atoms with E-state index in [0.717, 1.165) is 0 Å². The average Bonchev–Trinajstić information content (AvgIpc) is 2.88. The van der Waals surface area contributed by atoms with E-state index in [0.29, 0.717) is 12.2 Å². The van der Waals surface area contributed by atoms with Crippen molar-refractivity contribution in [3.05, 3.63) is 11.9 Å². The molecule has 1 aromatic heterocycles. The van der Waals surface area contributed by atoms with Crippen LogP contribution >= 0.6 is 0 Å². The van der Waals surface area contributed by atoms with Crippen molar-refractivity contribution in [3.8, 4) is 0 Å². The summed E-state index contributed by atoms with van der Waals surface area (Å²) in [4.78, 5) is 21.7. The molecule has 0 fully saturated rings. The number of esters is 1. The predicted molar refractivity (Wildman–Crippen MR) is 64.5 cm³/mol. The van der Waals surface area contributed by atoms with Gasteiger partial charge in [-0.15, -0.1) is 5.10 Å². The van der Waals surface area contributed by atoms with E-state index in [1.165, 1.54) is 6.92 Å². The van der Waals surface area contributed by atoms with Gasteiger partial charge in [0.15, 0.2) is 0 Å². The largest absolute Gasteiger partial charge is 0.508 e. The summed E-state index contributed by atoms with van der Waals surface area (Å²) in [6.07, 6.45) is -0.395. The zero-order valence-electron chi connectivity index (χ0n) is 11.3. The number of rotatable bonds is 7. The van der Waals surface area contributed by atoms with Crippen molar-refractivity contribution < 1.29 is 28.9 Å². The first-order chi connectivity index (χ1) is 9.51. The number of carbonyl (C=O) groups is 2. The molecule has 1 aromatic rings. The molecular weight excluding hydrogens is 270 g/mol. The Labute approximate surface area is 115 Å². The molecule has 0 aliphatic rings. The summed E-state index contributed by atoms with van der Waals surface area (Å²) in [5.74, 6) is -0.523. The third kappa shape index (κ3) is 6.14. The number of ether oxygens (including phenoxy) is 3. The molecule has 9 heteroatoms. The second kappa shape index (κ2) is 8.10. The molecule has 1 atom stereocenters. The van der Waals surface area contributed by atoms with E-state index in [2.05, 4.69) is 19.8 Å². The van der Waals surface area contributed by atoms with E-state index in [9.17, 15) is 14.7 Å². The van der Waals surface area contributed by atoms with Crippen LogP contribution in [0.25, 0.3) is 0 Å². The van der Waals surface area contributed by atoms with Crippen LogP contribution in [0, 0.1) is 0 Å². The molecule has 1 unspecified atom stereocenters. The van der Waals surface area contributed by atoms with Gasteiger partial charge in [0.05, 0.1) is 6.20 Å². The number of aromatic nitrogens is 3. The molecule has 1 heterocycles. The summed E-state index contributed by atoms with van der Waals surface area (Å²) >= 11 is 0. The monoisotopic (exact) mass is 287 g/mol. The maximum Gasteiger partial charge on any atom is 0.508 e. The highest BCUT2D eigenvalue weighted by Gasteiger charge is 2.12. The Bertz CT molecular complexity index is 447. The van der Waals surface area contributed by atoms with Gasteiger partial charge in [0, 0.05) is 13.5 Å². The van der Waals surface area contributed by atoms with Gasteiger partial charge in [-0.25, -0.2) is 4.79 Å². The number of nitrogens with zero attached hydrogens (tertiary/aromatic N) is 3. The zero-order valence-corrected chi connectivity index (χ0v) is 11.3. The maximum atomic E-state index is 11.2. The molecule has 0 saturated carbocycles. The minimum atomic E-state index is -1.09. The van der Waals surface area contributed by atoms with Gasteiger partial charge in [-0.2, -0.15) is 0 Å². The fourth-order valence-electron chi connectivity index (χ4n) is 1.16. The molecule has 1 rings (SSSR count). The Kier molecular flexibility index (Phi) is 6.44. The first kappa shape index (κ1) is 15.9. The highest BCUT2D eigenvalue weighted by Crippen LogP contribution is 1.98. The Balaban J connectivity index is 2.18. The Morgan fingerprint density at radius 3 is 2.65 bits per heavy atom. The Morgan fingerprint density at radius 2 is 2.05 bits per heavy atom. The van der Waals surface area contributed by atoms with Crippen molar-refractivity contribution in [2.45, 2.75) is 33.1 Å². The molecule has 20 heavy (non-hydrogen) atoms. The van der Waals surface area contributed by atoms with E-state index < -0.39 is 18.2 Å². The third-order valence-corrected chi connectivity index (χ3v) is 2.12. The lowest BCUT2D eigenvalue weighted by molar-refractivity contribution is -0.144. The van der Waals surface area contributed by atoms with Gasteiger partial charge in [0.2, 0.25) is 0 Å². The normalized spacial score (nSPS) is 11.8. The predicted octanol–water partition coefficient (Wildman–Crippen LogP) is -0.125. The zero-order chi connectivity index (χ0) is 15.0. The van der Waals surface area contributed by atoms with Crippen molar-refractivity contribution >= 4 is 12.1 Å². The smallest absolute Gasteiger partial charge is 0.463 e. The molecule has 0 saturated heterocycles. The van der Waals surface area contributed by atoms with E-state index >= 15 is 0 Å². The molecule has 0 spiro atoms. The molecule has 0 aliphatic carbocycles. The molecule has 0 bridgehead atoms.